The summed E-state index contributed by atoms with van der Waals surface area (Å²) in [5.41, 5.74) is 29.0. The molecule has 2 aromatic carbocycles. The van der Waals surface area contributed by atoms with Crippen molar-refractivity contribution in [2.24, 2.45) is 39.6 Å². The van der Waals surface area contributed by atoms with Crippen molar-refractivity contribution in [2.45, 2.75) is 163 Å². The Morgan fingerprint density at radius 3 is 1.94 bits per heavy atom. The summed E-state index contributed by atoms with van der Waals surface area (Å²) in [6.45, 7) is 3.49. The van der Waals surface area contributed by atoms with Gasteiger partial charge in [-0.1, -0.05) is 97.2 Å². The normalized spacial score (nSPS) is 22.7. The van der Waals surface area contributed by atoms with E-state index in [9.17, 15) is 47.9 Å². The number of hydrogen-bond acceptors (Lipinski definition) is 15. The molecule has 2 heterocycles. The van der Waals surface area contributed by atoms with Crippen LogP contribution in [-0.2, 0) is 65.6 Å². The standard InChI is InChI=1S/C55H80N14O12S2/c1-31(2)45(46(58)73)68-48(75)35(14-10-24-61-54(59)60)64-52(79)41-15-11-25-69(41)53(80)40-30-82-83-55(22-8-5-9-23-55)29-44(72)62-37(27-33-16-18-34(81-3)19-17-33)49(76)65-38(26-32-12-6-4-7-13-32)50(77)63-36(20-21-42(56)70)47(74)66-39(28-43(57)71)51(78)67-40/h4,6-7,12-13,16-19,31,35-41,45H,5,8-11,14-15,20-30H2,1-3H3,(H2,56,70)(H2,57,71)(H2,58,73)(H,62,72)(H,63,77)(H,64,79)(H,65,76)(H,66,74)(H,67,78)(H,68,75)(H4,59,60,61)/t35-,36-,37?,38?,39-,40?,41-,45-/m0/s1. The maximum absolute atomic E-state index is 15.1. The number of nitrogens with zero attached hydrogens (tertiary/aromatic N) is 2. The fourth-order valence-corrected chi connectivity index (χ4v) is 13.5. The van der Waals surface area contributed by atoms with Gasteiger partial charge in [-0.05, 0) is 74.1 Å². The number of aliphatic imine (C=N–C) groups is 1. The third-order valence-corrected chi connectivity index (χ3v) is 17.9. The summed E-state index contributed by atoms with van der Waals surface area (Å²) in [6, 6.07) is 4.57. The SMILES string of the molecule is COc1ccc(CC2NC(=O)CC3(CCCCC3)SSCC(C(=O)N3CCC[C@H]3C(=O)N[C@@H](CCCN=C(N)N)C(=O)N[C@H](C(N)=O)C(C)C)NC(=O)[C@H](CC(N)=O)NC(=O)[C@H](CCC(N)=O)NC(=O)C(Cc3ccccc3)NC2=O)cc1. The Kier molecular flexibility index (Phi) is 25.7. The Hall–Kier alpha value is -7.62. The first-order chi connectivity index (χ1) is 39.5. The third kappa shape index (κ3) is 21.0. The van der Waals surface area contributed by atoms with E-state index in [4.69, 9.17) is 33.4 Å². The lowest BCUT2D eigenvalue weighted by Gasteiger charge is -2.37. The quantitative estimate of drug-likeness (QED) is 0.0299. The number of nitrogens with one attached hydrogen (secondary N) is 7. The van der Waals surface area contributed by atoms with Gasteiger partial charge in [0.2, 0.25) is 65.0 Å². The Bertz CT molecular complexity index is 2660. The molecule has 8 atom stereocenters. The van der Waals surface area contributed by atoms with Gasteiger partial charge in [-0.15, -0.1) is 0 Å². The van der Waals surface area contributed by atoms with Crippen LogP contribution in [0, 0.1) is 5.92 Å². The van der Waals surface area contributed by atoms with Crippen LogP contribution in [0.3, 0.4) is 0 Å². The van der Waals surface area contributed by atoms with Crippen molar-refractivity contribution in [3.8, 4) is 5.75 Å². The molecule has 83 heavy (non-hydrogen) atoms. The molecule has 3 unspecified atom stereocenters. The average Bonchev–Trinajstić information content (AvgIpc) is 4.13. The number of methoxy groups -OCH3 is 1. The van der Waals surface area contributed by atoms with E-state index in [1.54, 1.807) is 68.4 Å². The monoisotopic (exact) mass is 1190 g/mol. The molecule has 3 fully saturated rings. The Balaban J connectivity index is 1.54. The molecular formula is C55H80N14O12S2. The smallest absolute Gasteiger partial charge is 0.246 e. The van der Waals surface area contributed by atoms with Gasteiger partial charge in [-0.25, -0.2) is 0 Å². The van der Waals surface area contributed by atoms with Crippen LogP contribution in [0.4, 0.5) is 0 Å². The largest absolute Gasteiger partial charge is 0.497 e. The molecular weight excluding hydrogens is 1110 g/mol. The minimum atomic E-state index is -1.77. The Morgan fingerprint density at radius 2 is 1.34 bits per heavy atom. The van der Waals surface area contributed by atoms with E-state index < -0.39 is 143 Å². The van der Waals surface area contributed by atoms with Crippen molar-refractivity contribution in [1.29, 1.82) is 0 Å². The van der Waals surface area contributed by atoms with Crippen molar-refractivity contribution in [3.05, 3.63) is 65.7 Å². The predicted molar refractivity (Wildman–Crippen MR) is 312 cm³/mol. The molecule has 26 nitrogen and oxygen atoms in total. The van der Waals surface area contributed by atoms with Gasteiger partial charge in [-0.3, -0.25) is 57.7 Å². The molecule has 1 spiro atoms. The molecule has 11 amide bonds. The number of carbonyl (C=O) groups excluding carboxylic acids is 11. The van der Waals surface area contributed by atoms with Gasteiger partial charge in [0.25, 0.3) is 0 Å². The highest BCUT2D eigenvalue weighted by molar-refractivity contribution is 8.77. The van der Waals surface area contributed by atoms with Crippen LogP contribution in [-0.4, -0.2) is 155 Å². The number of amides is 11. The highest BCUT2D eigenvalue weighted by Crippen LogP contribution is 2.48. The number of guanidine groups is 1. The zero-order chi connectivity index (χ0) is 60.8. The summed E-state index contributed by atoms with van der Waals surface area (Å²) >= 11 is 0. The molecule has 3 aliphatic rings. The number of likely N-dealkylation sites (tertiary alicyclic amines) is 1. The van der Waals surface area contributed by atoms with Crippen LogP contribution < -0.4 is 70.6 Å². The molecule has 2 aliphatic heterocycles. The maximum Gasteiger partial charge on any atom is 0.246 e. The first-order valence-electron chi connectivity index (χ1n) is 27.8. The highest BCUT2D eigenvalue weighted by Gasteiger charge is 2.43. The molecule has 454 valence electrons. The molecule has 0 aromatic heterocycles. The van der Waals surface area contributed by atoms with Crippen molar-refractivity contribution in [3.63, 3.8) is 0 Å². The first-order valence-corrected chi connectivity index (χ1v) is 30.1. The molecule has 0 radical (unpaired) electrons. The van der Waals surface area contributed by atoms with Crippen molar-refractivity contribution >= 4 is 92.5 Å². The van der Waals surface area contributed by atoms with E-state index in [0.717, 1.165) is 19.3 Å². The maximum atomic E-state index is 15.1. The van der Waals surface area contributed by atoms with Gasteiger partial charge in [0.05, 0.1) is 13.5 Å². The fraction of sp³-hybridized carbons (Fsp3) is 0.564. The highest BCUT2D eigenvalue weighted by atomic mass is 33.1. The van der Waals surface area contributed by atoms with Crippen LogP contribution in [0.2, 0.25) is 0 Å². The third-order valence-electron chi connectivity index (χ3n) is 14.5. The van der Waals surface area contributed by atoms with Crippen LogP contribution in [0.25, 0.3) is 0 Å². The zero-order valence-corrected chi connectivity index (χ0v) is 48.7. The lowest BCUT2D eigenvalue weighted by molar-refractivity contribution is -0.142. The van der Waals surface area contributed by atoms with Gasteiger partial charge in [-0.2, -0.15) is 0 Å². The van der Waals surface area contributed by atoms with E-state index in [1.165, 1.54) is 33.6 Å². The van der Waals surface area contributed by atoms with E-state index in [1.807, 2.05) is 0 Å². The summed E-state index contributed by atoms with van der Waals surface area (Å²) < 4.78 is 4.59. The predicted octanol–water partition coefficient (Wildman–Crippen LogP) is -1.31. The van der Waals surface area contributed by atoms with Crippen LogP contribution >= 0.6 is 21.6 Å². The number of nitrogens with two attached hydrogens (primary N) is 5. The molecule has 2 aromatic rings. The van der Waals surface area contributed by atoms with Crippen molar-refractivity contribution in [1.82, 2.24) is 42.1 Å². The van der Waals surface area contributed by atoms with Crippen LogP contribution in [0.1, 0.15) is 108 Å². The van der Waals surface area contributed by atoms with E-state index in [0.29, 0.717) is 36.1 Å². The lowest BCUT2D eigenvalue weighted by atomic mass is 9.85. The van der Waals surface area contributed by atoms with Crippen molar-refractivity contribution in [2.75, 3.05) is 26.0 Å². The second-order valence-electron chi connectivity index (χ2n) is 21.4. The van der Waals surface area contributed by atoms with Gasteiger partial charge < -0.3 is 75.5 Å². The number of rotatable bonds is 21. The van der Waals surface area contributed by atoms with Gasteiger partial charge >= 0.3 is 0 Å². The molecule has 1 saturated carbocycles. The molecule has 28 heteroatoms. The summed E-state index contributed by atoms with van der Waals surface area (Å²) in [4.78, 5) is 158. The second kappa shape index (κ2) is 32.3. The number of hydrogen-bond donors (Lipinski definition) is 12. The zero-order valence-electron chi connectivity index (χ0n) is 47.1. The fourth-order valence-electron chi connectivity index (χ4n) is 10.1. The minimum absolute atomic E-state index is 0.00967. The first kappa shape index (κ1) is 66.2. The molecule has 5 rings (SSSR count). The number of carbonyl (C=O) groups is 11. The van der Waals surface area contributed by atoms with E-state index in [-0.39, 0.29) is 63.3 Å². The minimum Gasteiger partial charge on any atom is -0.497 e. The van der Waals surface area contributed by atoms with Crippen LogP contribution in [0.5, 0.6) is 5.75 Å². The molecule has 17 N–H and O–H groups in total. The second-order valence-corrected chi connectivity index (χ2v) is 24.2. The van der Waals surface area contributed by atoms with Crippen molar-refractivity contribution < 1.29 is 57.5 Å². The lowest BCUT2D eigenvalue weighted by Crippen LogP contribution is -2.61. The van der Waals surface area contributed by atoms with Gasteiger partial charge in [0.15, 0.2) is 5.96 Å². The number of ether oxygens (including phenoxy) is 1. The Labute approximate surface area is 490 Å². The molecule has 1 aliphatic carbocycles. The topological polar surface area (TPSA) is 427 Å². The summed E-state index contributed by atoms with van der Waals surface area (Å²) in [5, 5.41) is 18.8. The van der Waals surface area contributed by atoms with E-state index in [2.05, 4.69) is 42.2 Å². The van der Waals surface area contributed by atoms with Gasteiger partial charge in [0, 0.05) is 49.3 Å². The van der Waals surface area contributed by atoms with Gasteiger partial charge in [0.1, 0.15) is 54.1 Å². The summed E-state index contributed by atoms with van der Waals surface area (Å²) in [5.74, 6) is -9.28. The molecule has 2 saturated heterocycles. The molecule has 0 bridgehead atoms. The number of primary amides is 3. The number of benzene rings is 2. The summed E-state index contributed by atoms with van der Waals surface area (Å²) in [6.07, 6.45) is 2.37. The van der Waals surface area contributed by atoms with E-state index >= 15 is 4.79 Å². The van der Waals surface area contributed by atoms with Crippen LogP contribution in [0.15, 0.2) is 59.6 Å². The Morgan fingerprint density at radius 1 is 0.735 bits per heavy atom. The average molecular weight is 1190 g/mol. The summed E-state index contributed by atoms with van der Waals surface area (Å²) in [7, 11) is 4.03.